The average molecular weight is 416 g/mol. The Bertz CT molecular complexity index is 873. The molecule has 5 nitrogen and oxygen atoms in total. The van der Waals surface area contributed by atoms with Crippen LogP contribution in [0.1, 0.15) is 44.1 Å². The van der Waals surface area contributed by atoms with Crippen molar-refractivity contribution in [1.29, 1.82) is 0 Å². The number of hydrogen-bond donors (Lipinski definition) is 2. The molecule has 1 aromatic carbocycles. The first kappa shape index (κ1) is 20.4. The molecule has 1 aliphatic heterocycles. The predicted octanol–water partition coefficient (Wildman–Crippen LogP) is 4.18. The van der Waals surface area contributed by atoms with Crippen molar-refractivity contribution in [2.75, 3.05) is 19.8 Å². The summed E-state index contributed by atoms with van der Waals surface area (Å²) in [5.41, 5.74) is 1.20. The topological polar surface area (TPSA) is 67.8 Å². The Balaban J connectivity index is 1.68. The quantitative estimate of drug-likeness (QED) is 0.645. The zero-order valence-electron chi connectivity index (χ0n) is 16.8. The maximum atomic E-state index is 12.8. The molecule has 6 heteroatoms. The number of aliphatic hydroxyl groups excluding tert-OH is 1. The van der Waals surface area contributed by atoms with Crippen LogP contribution in [0.3, 0.4) is 0 Å². The molecule has 1 aliphatic carbocycles. The number of carbonyl (C=O) groups excluding carboxylic acids is 1. The Morgan fingerprint density at radius 3 is 2.93 bits per heavy atom. The van der Waals surface area contributed by atoms with E-state index in [1.54, 1.807) is 11.3 Å². The van der Waals surface area contributed by atoms with Crippen molar-refractivity contribution in [2.24, 2.45) is 11.8 Å². The number of nitrogens with one attached hydrogen (secondary N) is 1. The van der Waals surface area contributed by atoms with Gasteiger partial charge in [-0.05, 0) is 67.0 Å². The van der Waals surface area contributed by atoms with Crippen molar-refractivity contribution < 1.29 is 19.4 Å². The molecular weight excluding hydrogens is 386 g/mol. The van der Waals surface area contributed by atoms with E-state index in [1.165, 1.54) is 28.5 Å². The van der Waals surface area contributed by atoms with E-state index in [2.05, 4.69) is 22.8 Å². The monoisotopic (exact) mass is 415 g/mol. The third kappa shape index (κ3) is 4.65. The fraction of sp³-hybridized carbons (Fsp3) is 0.522. The van der Waals surface area contributed by atoms with Crippen LogP contribution in [0.4, 0.5) is 0 Å². The van der Waals surface area contributed by atoms with Crippen LogP contribution in [0.15, 0.2) is 41.5 Å². The molecule has 3 atom stereocenters. The Morgan fingerprint density at radius 1 is 1.34 bits per heavy atom. The molecule has 2 aromatic rings. The van der Waals surface area contributed by atoms with E-state index in [0.29, 0.717) is 31.2 Å². The first-order valence-electron chi connectivity index (χ1n) is 10.6. The van der Waals surface area contributed by atoms with Gasteiger partial charge in [0, 0.05) is 36.3 Å². The van der Waals surface area contributed by atoms with Gasteiger partial charge in [-0.15, -0.1) is 11.3 Å². The normalized spacial score (nSPS) is 24.2. The number of ether oxygens (including phenoxy) is 2. The minimum Gasteiger partial charge on any atom is -0.459 e. The number of benzene rings is 1. The number of fused-ring (bicyclic) bond motifs is 1. The minimum absolute atomic E-state index is 0.00433. The van der Waals surface area contributed by atoms with Gasteiger partial charge in [-0.2, -0.15) is 0 Å². The molecule has 1 fully saturated rings. The maximum Gasteiger partial charge on any atom is 0.286 e. The summed E-state index contributed by atoms with van der Waals surface area (Å²) in [7, 11) is 0. The van der Waals surface area contributed by atoms with E-state index in [4.69, 9.17) is 9.47 Å². The molecule has 0 bridgehead atoms. The number of allylic oxidation sites excluding steroid dienone is 1. The van der Waals surface area contributed by atoms with Gasteiger partial charge in [0.25, 0.3) is 5.91 Å². The average Bonchev–Trinajstić information content (AvgIpc) is 3.48. The lowest BCUT2D eigenvalue weighted by molar-refractivity contribution is -0.166. The highest BCUT2D eigenvalue weighted by Gasteiger charge is 2.38. The van der Waals surface area contributed by atoms with Crippen LogP contribution >= 0.6 is 11.3 Å². The van der Waals surface area contributed by atoms with Crippen molar-refractivity contribution in [3.05, 3.63) is 47.0 Å². The summed E-state index contributed by atoms with van der Waals surface area (Å²) in [6, 6.07) is 8.35. The van der Waals surface area contributed by atoms with Gasteiger partial charge in [-0.1, -0.05) is 18.2 Å². The highest BCUT2D eigenvalue weighted by Crippen LogP contribution is 2.43. The lowest BCUT2D eigenvalue weighted by Crippen LogP contribution is -2.39. The van der Waals surface area contributed by atoms with Gasteiger partial charge in [0.15, 0.2) is 5.76 Å². The van der Waals surface area contributed by atoms with E-state index in [-0.39, 0.29) is 24.3 Å². The molecule has 156 valence electrons. The standard InChI is InChI=1S/C23H29NO4S/c1-2-27-23-17(7-5-11-25)18(19-14-29-21-8-4-3-6-16(19)21)12-20(28-23)22(26)24-13-15-9-10-15/h3-4,6,8,12,14-15,17-18,23,25H,2,5,7,9-11,13H2,1H3,(H,24,26)/t17-,18+,23-/m0/s1. The van der Waals surface area contributed by atoms with Crippen LogP contribution in [-0.2, 0) is 14.3 Å². The summed E-state index contributed by atoms with van der Waals surface area (Å²) in [5, 5.41) is 15.8. The van der Waals surface area contributed by atoms with Gasteiger partial charge in [0.1, 0.15) is 0 Å². The molecule has 2 aliphatic rings. The van der Waals surface area contributed by atoms with Crippen LogP contribution in [0.2, 0.25) is 0 Å². The van der Waals surface area contributed by atoms with E-state index < -0.39 is 6.29 Å². The van der Waals surface area contributed by atoms with Crippen molar-refractivity contribution in [1.82, 2.24) is 5.32 Å². The molecule has 4 rings (SSSR count). The zero-order valence-corrected chi connectivity index (χ0v) is 17.6. The second-order valence-corrected chi connectivity index (χ2v) is 8.78. The summed E-state index contributed by atoms with van der Waals surface area (Å²) in [6.45, 7) is 3.28. The molecule has 2 heterocycles. The number of thiophene rings is 1. The SMILES string of the molecule is CCO[C@H]1OC(C(=O)NCC2CC2)=C[C@@H](c2csc3ccccc23)[C@@H]1CCCO. The molecule has 0 radical (unpaired) electrons. The summed E-state index contributed by atoms with van der Waals surface area (Å²) < 4.78 is 13.2. The molecule has 29 heavy (non-hydrogen) atoms. The molecule has 0 unspecified atom stereocenters. The number of hydrogen-bond acceptors (Lipinski definition) is 5. The van der Waals surface area contributed by atoms with Crippen molar-refractivity contribution in [2.45, 2.75) is 44.8 Å². The fourth-order valence-electron chi connectivity index (χ4n) is 4.02. The first-order chi connectivity index (χ1) is 14.2. The molecule has 0 saturated heterocycles. The maximum absolute atomic E-state index is 12.8. The third-order valence-corrected chi connectivity index (χ3v) is 6.74. The van der Waals surface area contributed by atoms with E-state index in [0.717, 1.165) is 6.42 Å². The van der Waals surface area contributed by atoms with Crippen molar-refractivity contribution in [3.8, 4) is 0 Å². The zero-order chi connectivity index (χ0) is 20.2. The lowest BCUT2D eigenvalue weighted by Gasteiger charge is -2.36. The molecule has 1 aromatic heterocycles. The summed E-state index contributed by atoms with van der Waals surface area (Å²) >= 11 is 1.72. The molecule has 0 spiro atoms. The highest BCUT2D eigenvalue weighted by molar-refractivity contribution is 7.17. The smallest absolute Gasteiger partial charge is 0.286 e. The lowest BCUT2D eigenvalue weighted by atomic mass is 9.80. The van der Waals surface area contributed by atoms with Crippen LogP contribution in [0, 0.1) is 11.8 Å². The van der Waals surface area contributed by atoms with Gasteiger partial charge >= 0.3 is 0 Å². The summed E-state index contributed by atoms with van der Waals surface area (Å²) in [6.07, 6.45) is 5.29. The van der Waals surface area contributed by atoms with Crippen molar-refractivity contribution >= 4 is 27.3 Å². The highest BCUT2D eigenvalue weighted by atomic mass is 32.1. The Labute approximate surface area is 175 Å². The fourth-order valence-corrected chi connectivity index (χ4v) is 5.03. The van der Waals surface area contributed by atoms with E-state index in [1.807, 2.05) is 25.1 Å². The van der Waals surface area contributed by atoms with Gasteiger partial charge in [-0.25, -0.2) is 0 Å². The number of amides is 1. The number of carbonyl (C=O) groups is 1. The Hall–Kier alpha value is -1.89. The van der Waals surface area contributed by atoms with E-state index >= 15 is 0 Å². The molecular formula is C23H29NO4S. The molecule has 2 N–H and O–H groups in total. The van der Waals surface area contributed by atoms with Gasteiger partial charge in [-0.3, -0.25) is 4.79 Å². The van der Waals surface area contributed by atoms with Gasteiger partial charge in [0.2, 0.25) is 6.29 Å². The Kier molecular flexibility index (Phi) is 6.53. The number of aliphatic hydroxyl groups is 1. The largest absolute Gasteiger partial charge is 0.459 e. The minimum atomic E-state index is -0.498. The van der Waals surface area contributed by atoms with Gasteiger partial charge < -0.3 is 19.9 Å². The molecule has 1 saturated carbocycles. The van der Waals surface area contributed by atoms with Crippen molar-refractivity contribution in [3.63, 3.8) is 0 Å². The Morgan fingerprint density at radius 2 is 2.17 bits per heavy atom. The number of rotatable bonds is 9. The summed E-state index contributed by atoms with van der Waals surface area (Å²) in [4.78, 5) is 12.8. The van der Waals surface area contributed by atoms with Gasteiger partial charge in [0.05, 0.1) is 0 Å². The third-order valence-electron chi connectivity index (χ3n) is 5.75. The van der Waals surface area contributed by atoms with Crippen LogP contribution in [0.25, 0.3) is 10.1 Å². The van der Waals surface area contributed by atoms with Crippen LogP contribution in [0.5, 0.6) is 0 Å². The van der Waals surface area contributed by atoms with Crippen LogP contribution in [-0.4, -0.2) is 37.1 Å². The second kappa shape index (κ2) is 9.28. The summed E-state index contributed by atoms with van der Waals surface area (Å²) in [5.74, 6) is 0.848. The van der Waals surface area contributed by atoms with E-state index in [9.17, 15) is 9.90 Å². The predicted molar refractivity (Wildman–Crippen MR) is 115 cm³/mol. The first-order valence-corrected chi connectivity index (χ1v) is 11.4. The van der Waals surface area contributed by atoms with Crippen LogP contribution < -0.4 is 5.32 Å². The second-order valence-electron chi connectivity index (χ2n) is 7.87. The molecule has 1 amide bonds.